The Hall–Kier alpha value is -4.75. The molecule has 0 fully saturated rings. The Morgan fingerprint density at radius 2 is 1.66 bits per heavy atom. The summed E-state index contributed by atoms with van der Waals surface area (Å²) in [5.74, 6) is 1.08. The maximum absolute atomic E-state index is 12.6. The number of hydrogen-bond donors (Lipinski definition) is 1. The number of aryl methyl sites for hydroxylation is 2. The minimum atomic E-state index is -4.35. The zero-order valence-electron chi connectivity index (χ0n) is 23.3. The molecule has 0 bridgehead atoms. The molecule has 2 aromatic heterocycles. The van der Waals surface area contributed by atoms with E-state index in [2.05, 4.69) is 15.3 Å². The highest BCUT2D eigenvalue weighted by Crippen LogP contribution is 2.29. The van der Waals surface area contributed by atoms with Crippen LogP contribution in [0.15, 0.2) is 107 Å². The zero-order valence-corrected chi connectivity index (χ0v) is 24.2. The van der Waals surface area contributed by atoms with E-state index >= 15 is 0 Å². The van der Waals surface area contributed by atoms with Gasteiger partial charge < -0.3 is 9.15 Å². The number of rotatable bonds is 11. The fourth-order valence-electron chi connectivity index (χ4n) is 3.87. The monoisotopic (exact) mass is 626 g/mol. The van der Waals surface area contributed by atoms with E-state index in [1.54, 1.807) is 36.5 Å². The van der Waals surface area contributed by atoms with E-state index < -0.39 is 21.9 Å². The van der Waals surface area contributed by atoms with Crippen molar-refractivity contribution in [1.82, 2.24) is 20.0 Å². The molecular weight excluding hydrogens is 597 g/mol. The van der Waals surface area contributed by atoms with E-state index in [0.717, 1.165) is 43.7 Å². The first-order valence-corrected chi connectivity index (χ1v) is 14.9. The minimum Gasteiger partial charge on any atom is -0.487 e. The number of halogens is 3. The molecule has 0 spiro atoms. The van der Waals surface area contributed by atoms with Crippen LogP contribution in [0.5, 0.6) is 5.75 Å². The standard InChI is InChI=1S/C25H23F3N4O2.C6H6O3S/c26-25(27,28)21-9-4-20(5-10-21)8-13-24-30-22(18-34-24)17-33-23-11-6-19(7-12-23)3-1-2-15-32-16-14-29-31-32;7-10(8,9)6-4-2-1-3-5-6/h4-14,16,18H,1-3,15,17H2;1-5H,(H,7,8,9). The van der Waals surface area contributed by atoms with Gasteiger partial charge in [0.1, 0.15) is 24.3 Å². The highest BCUT2D eigenvalue weighted by Gasteiger charge is 2.29. The van der Waals surface area contributed by atoms with Crippen LogP contribution in [0.25, 0.3) is 12.2 Å². The molecule has 44 heavy (non-hydrogen) atoms. The molecule has 3 aromatic carbocycles. The molecule has 5 rings (SSSR count). The quantitative estimate of drug-likeness (QED) is 0.123. The van der Waals surface area contributed by atoms with Crippen LogP contribution < -0.4 is 4.74 Å². The lowest BCUT2D eigenvalue weighted by molar-refractivity contribution is -0.137. The second-order valence-electron chi connectivity index (χ2n) is 9.47. The summed E-state index contributed by atoms with van der Waals surface area (Å²) in [6.45, 7) is 1.11. The van der Waals surface area contributed by atoms with Crippen LogP contribution in [0.3, 0.4) is 0 Å². The smallest absolute Gasteiger partial charge is 0.416 e. The Bertz CT molecular complexity index is 1700. The summed E-state index contributed by atoms with van der Waals surface area (Å²) in [4.78, 5) is 4.24. The largest absolute Gasteiger partial charge is 0.487 e. The lowest BCUT2D eigenvalue weighted by Gasteiger charge is -2.06. The number of oxazole rings is 1. The summed E-state index contributed by atoms with van der Waals surface area (Å²) in [6.07, 6.45) is 7.00. The van der Waals surface area contributed by atoms with E-state index in [1.807, 2.05) is 35.1 Å². The van der Waals surface area contributed by atoms with Gasteiger partial charge in [-0.3, -0.25) is 9.23 Å². The summed E-state index contributed by atoms with van der Waals surface area (Å²) in [5, 5.41) is 7.75. The molecule has 230 valence electrons. The molecule has 0 saturated carbocycles. The van der Waals surface area contributed by atoms with Gasteiger partial charge >= 0.3 is 6.18 Å². The minimum absolute atomic E-state index is 0.0741. The molecule has 0 aliphatic carbocycles. The van der Waals surface area contributed by atoms with E-state index in [4.69, 9.17) is 13.7 Å². The molecule has 5 aromatic rings. The molecule has 2 heterocycles. The average molecular weight is 627 g/mol. The molecule has 13 heteroatoms. The van der Waals surface area contributed by atoms with Gasteiger partial charge in [0.2, 0.25) is 5.89 Å². The van der Waals surface area contributed by atoms with Crippen LogP contribution in [-0.2, 0) is 35.9 Å². The van der Waals surface area contributed by atoms with Gasteiger partial charge in [-0.05, 0) is 72.9 Å². The van der Waals surface area contributed by atoms with Crippen LogP contribution in [0.4, 0.5) is 13.2 Å². The van der Waals surface area contributed by atoms with Crippen molar-refractivity contribution in [3.05, 3.63) is 126 Å². The fraction of sp³-hybridized carbons (Fsp3) is 0.194. The molecule has 1 N–H and O–H groups in total. The summed E-state index contributed by atoms with van der Waals surface area (Å²) in [7, 11) is -4.00. The number of hydrogen-bond acceptors (Lipinski definition) is 7. The number of aromatic nitrogens is 4. The van der Waals surface area contributed by atoms with Gasteiger partial charge in [-0.15, -0.1) is 5.10 Å². The Morgan fingerprint density at radius 3 is 2.27 bits per heavy atom. The number of alkyl halides is 3. The van der Waals surface area contributed by atoms with Gasteiger partial charge in [-0.1, -0.05) is 47.7 Å². The molecule has 0 unspecified atom stereocenters. The van der Waals surface area contributed by atoms with E-state index in [0.29, 0.717) is 17.1 Å². The third kappa shape index (κ3) is 10.5. The van der Waals surface area contributed by atoms with Gasteiger partial charge in [0.25, 0.3) is 10.1 Å². The van der Waals surface area contributed by atoms with Gasteiger partial charge in [0.05, 0.1) is 16.7 Å². The van der Waals surface area contributed by atoms with Crippen molar-refractivity contribution in [1.29, 1.82) is 0 Å². The Kier molecular flexibility index (Phi) is 11.1. The molecule has 0 saturated heterocycles. The van der Waals surface area contributed by atoms with E-state index in [-0.39, 0.29) is 11.5 Å². The third-order valence-corrected chi connectivity index (χ3v) is 7.02. The van der Waals surface area contributed by atoms with Crippen molar-refractivity contribution in [2.24, 2.45) is 0 Å². The number of benzene rings is 3. The fourth-order valence-corrected chi connectivity index (χ4v) is 4.37. The molecular formula is C31H29F3N4O5S. The number of nitrogens with zero attached hydrogens (tertiary/aromatic N) is 4. The number of ether oxygens (including phenoxy) is 1. The predicted octanol–water partition coefficient (Wildman–Crippen LogP) is 6.99. The second kappa shape index (κ2) is 15.1. The van der Waals surface area contributed by atoms with Gasteiger partial charge in [0.15, 0.2) is 0 Å². The lowest BCUT2D eigenvalue weighted by Crippen LogP contribution is -2.03. The summed E-state index contributed by atoms with van der Waals surface area (Å²) in [6, 6.07) is 20.2. The molecule has 0 amide bonds. The van der Waals surface area contributed by atoms with Crippen LogP contribution in [0, 0.1) is 0 Å². The van der Waals surface area contributed by atoms with Crippen molar-refractivity contribution < 1.29 is 35.3 Å². The lowest BCUT2D eigenvalue weighted by atomic mass is 10.1. The van der Waals surface area contributed by atoms with Crippen LogP contribution in [0.1, 0.15) is 41.1 Å². The third-order valence-electron chi connectivity index (χ3n) is 6.15. The van der Waals surface area contributed by atoms with Crippen molar-refractivity contribution >= 4 is 22.3 Å². The normalized spacial score (nSPS) is 11.7. The maximum Gasteiger partial charge on any atom is 0.416 e. The first-order chi connectivity index (χ1) is 21.1. The first kappa shape index (κ1) is 32.2. The topological polar surface area (TPSA) is 120 Å². The zero-order chi connectivity index (χ0) is 31.4. The van der Waals surface area contributed by atoms with Crippen molar-refractivity contribution in [2.75, 3.05) is 0 Å². The van der Waals surface area contributed by atoms with Gasteiger partial charge in [-0.2, -0.15) is 21.6 Å². The second-order valence-corrected chi connectivity index (χ2v) is 10.9. The van der Waals surface area contributed by atoms with Crippen molar-refractivity contribution in [2.45, 2.75) is 43.5 Å². The first-order valence-electron chi connectivity index (χ1n) is 13.4. The van der Waals surface area contributed by atoms with E-state index in [1.165, 1.54) is 36.1 Å². The summed E-state index contributed by atoms with van der Waals surface area (Å²) >= 11 is 0. The SMILES string of the molecule is FC(F)(F)c1ccc(C=Cc2nc(COc3ccc(CCCCn4ccnn4)cc3)co2)cc1.O=S(=O)(O)c1ccccc1. The van der Waals surface area contributed by atoms with Gasteiger partial charge in [0, 0.05) is 18.8 Å². The molecule has 9 nitrogen and oxygen atoms in total. The van der Waals surface area contributed by atoms with Crippen LogP contribution in [-0.4, -0.2) is 32.9 Å². The van der Waals surface area contributed by atoms with Crippen LogP contribution >= 0.6 is 0 Å². The molecule has 0 atom stereocenters. The Balaban J connectivity index is 0.000000375. The molecule has 0 radical (unpaired) electrons. The summed E-state index contributed by atoms with van der Waals surface area (Å²) < 4.78 is 80.1. The predicted molar refractivity (Wildman–Crippen MR) is 157 cm³/mol. The van der Waals surface area contributed by atoms with Crippen molar-refractivity contribution in [3.8, 4) is 5.75 Å². The number of unbranched alkanes of at least 4 members (excludes halogenated alkanes) is 1. The van der Waals surface area contributed by atoms with Gasteiger partial charge in [-0.25, -0.2) is 4.98 Å². The average Bonchev–Trinajstić information content (AvgIpc) is 3.70. The Labute approximate surface area is 252 Å². The van der Waals surface area contributed by atoms with E-state index in [9.17, 15) is 21.6 Å². The Morgan fingerprint density at radius 1 is 0.932 bits per heavy atom. The highest BCUT2D eigenvalue weighted by atomic mass is 32.2. The van der Waals surface area contributed by atoms with Crippen molar-refractivity contribution in [3.63, 3.8) is 0 Å². The maximum atomic E-state index is 12.6. The molecule has 0 aliphatic heterocycles. The highest BCUT2D eigenvalue weighted by molar-refractivity contribution is 7.85. The van der Waals surface area contributed by atoms with Crippen LogP contribution in [0.2, 0.25) is 0 Å². The summed E-state index contributed by atoms with van der Waals surface area (Å²) in [5.41, 5.74) is 1.78. The molecule has 0 aliphatic rings.